The van der Waals surface area contributed by atoms with E-state index in [9.17, 15) is 0 Å². The molecule has 0 fully saturated rings. The maximum absolute atomic E-state index is 5.63. The predicted molar refractivity (Wildman–Crippen MR) is 59.8 cm³/mol. The first-order chi connectivity index (χ1) is 7.35. The van der Waals surface area contributed by atoms with Gasteiger partial charge in [-0.1, -0.05) is 6.07 Å². The van der Waals surface area contributed by atoms with Gasteiger partial charge in [0.2, 0.25) is 0 Å². The number of methoxy groups -OCH3 is 1. The third kappa shape index (κ3) is 2.07. The van der Waals surface area contributed by atoms with E-state index < -0.39 is 0 Å². The summed E-state index contributed by atoms with van der Waals surface area (Å²) < 4.78 is 10.8. The molecule has 1 unspecified atom stereocenters. The van der Waals surface area contributed by atoms with Crippen LogP contribution >= 0.6 is 0 Å². The normalized spacial score (nSPS) is 19.2. The van der Waals surface area contributed by atoms with Crippen LogP contribution in [0.15, 0.2) is 18.2 Å². The van der Waals surface area contributed by atoms with Crippen molar-refractivity contribution in [1.29, 1.82) is 0 Å². The molecular formula is C12H17NO2. The lowest BCUT2D eigenvalue weighted by Crippen LogP contribution is -2.23. The monoisotopic (exact) mass is 207 g/mol. The van der Waals surface area contributed by atoms with Gasteiger partial charge in [-0.3, -0.25) is 0 Å². The van der Waals surface area contributed by atoms with E-state index in [2.05, 4.69) is 11.4 Å². The van der Waals surface area contributed by atoms with E-state index in [1.165, 1.54) is 5.56 Å². The Kier molecular flexibility index (Phi) is 3.11. The van der Waals surface area contributed by atoms with Crippen molar-refractivity contribution in [3.63, 3.8) is 0 Å². The summed E-state index contributed by atoms with van der Waals surface area (Å²) in [7, 11) is 3.66. The summed E-state index contributed by atoms with van der Waals surface area (Å²) in [5.41, 5.74) is 1.29. The molecule has 0 amide bonds. The number of hydrogen-bond donors (Lipinski definition) is 1. The predicted octanol–water partition coefficient (Wildman–Crippen LogP) is 1.78. The Morgan fingerprint density at radius 1 is 1.53 bits per heavy atom. The average Bonchev–Trinajstić information content (AvgIpc) is 2.29. The Balaban J connectivity index is 2.28. The molecule has 0 bridgehead atoms. The maximum atomic E-state index is 5.63. The lowest BCUT2D eigenvalue weighted by molar-refractivity contribution is 0.264. The van der Waals surface area contributed by atoms with Gasteiger partial charge in [0.05, 0.1) is 13.7 Å². The van der Waals surface area contributed by atoms with Gasteiger partial charge in [-0.25, -0.2) is 0 Å². The largest absolute Gasteiger partial charge is 0.497 e. The van der Waals surface area contributed by atoms with Gasteiger partial charge in [0.15, 0.2) is 0 Å². The molecule has 1 atom stereocenters. The zero-order chi connectivity index (χ0) is 10.7. The van der Waals surface area contributed by atoms with Crippen LogP contribution in [0.25, 0.3) is 0 Å². The first kappa shape index (κ1) is 10.3. The molecule has 1 aromatic rings. The summed E-state index contributed by atoms with van der Waals surface area (Å²) in [6.45, 7) is 1.80. The zero-order valence-electron chi connectivity index (χ0n) is 9.25. The second-order valence-corrected chi connectivity index (χ2v) is 3.80. The van der Waals surface area contributed by atoms with Crippen LogP contribution < -0.4 is 14.8 Å². The lowest BCUT2D eigenvalue weighted by Gasteiger charge is -2.26. The zero-order valence-corrected chi connectivity index (χ0v) is 9.25. The van der Waals surface area contributed by atoms with Gasteiger partial charge in [-0.15, -0.1) is 0 Å². The molecule has 3 nitrogen and oxygen atoms in total. The first-order valence-corrected chi connectivity index (χ1v) is 5.30. The summed E-state index contributed by atoms with van der Waals surface area (Å²) in [6.07, 6.45) is 1.08. The van der Waals surface area contributed by atoms with Gasteiger partial charge >= 0.3 is 0 Å². The number of hydrogen-bond acceptors (Lipinski definition) is 3. The number of benzene rings is 1. The molecule has 1 N–H and O–H groups in total. The number of ether oxygens (including phenoxy) is 2. The van der Waals surface area contributed by atoms with Gasteiger partial charge < -0.3 is 14.8 Å². The summed E-state index contributed by atoms with van der Waals surface area (Å²) in [5, 5.41) is 3.22. The molecule has 1 aliphatic rings. The van der Waals surface area contributed by atoms with Crippen LogP contribution in [0.4, 0.5) is 0 Å². The van der Waals surface area contributed by atoms with Crippen LogP contribution in [0.5, 0.6) is 11.5 Å². The fraction of sp³-hybridized carbons (Fsp3) is 0.500. The van der Waals surface area contributed by atoms with Crippen molar-refractivity contribution in [2.45, 2.75) is 12.3 Å². The van der Waals surface area contributed by atoms with Gasteiger partial charge in [-0.05, 0) is 25.1 Å². The third-order valence-corrected chi connectivity index (χ3v) is 2.83. The Morgan fingerprint density at radius 2 is 2.40 bits per heavy atom. The highest BCUT2D eigenvalue weighted by Crippen LogP contribution is 2.35. The quantitative estimate of drug-likeness (QED) is 0.819. The molecule has 0 aliphatic carbocycles. The summed E-state index contributed by atoms with van der Waals surface area (Å²) in [5.74, 6) is 2.39. The van der Waals surface area contributed by atoms with Crippen molar-refractivity contribution in [1.82, 2.24) is 5.32 Å². The van der Waals surface area contributed by atoms with Crippen molar-refractivity contribution in [3.8, 4) is 11.5 Å². The van der Waals surface area contributed by atoms with E-state index in [-0.39, 0.29) is 0 Å². The number of nitrogens with one attached hydrogen (secondary N) is 1. The molecular weight excluding hydrogens is 190 g/mol. The van der Waals surface area contributed by atoms with E-state index in [0.717, 1.165) is 31.1 Å². The molecule has 1 aliphatic heterocycles. The SMILES string of the molecule is CNCC1CCOc2cc(OC)ccc21. The van der Waals surface area contributed by atoms with Crippen LogP contribution in [0.1, 0.15) is 17.9 Å². The number of likely N-dealkylation sites (N-methyl/N-ethyl adjacent to an activating group) is 1. The fourth-order valence-electron chi connectivity index (χ4n) is 2.03. The molecule has 0 aromatic heterocycles. The Morgan fingerprint density at radius 3 is 3.13 bits per heavy atom. The fourth-order valence-corrected chi connectivity index (χ4v) is 2.03. The second kappa shape index (κ2) is 4.53. The molecule has 2 rings (SSSR count). The van der Waals surface area contributed by atoms with Crippen molar-refractivity contribution in [2.24, 2.45) is 0 Å². The van der Waals surface area contributed by atoms with Gasteiger partial charge in [-0.2, -0.15) is 0 Å². The van der Waals surface area contributed by atoms with E-state index >= 15 is 0 Å². The van der Waals surface area contributed by atoms with E-state index in [4.69, 9.17) is 9.47 Å². The van der Waals surface area contributed by atoms with Crippen LogP contribution in [0.2, 0.25) is 0 Å². The lowest BCUT2D eigenvalue weighted by atomic mass is 9.93. The molecule has 15 heavy (non-hydrogen) atoms. The molecule has 0 saturated heterocycles. The highest BCUT2D eigenvalue weighted by molar-refractivity contribution is 5.44. The average molecular weight is 207 g/mol. The van der Waals surface area contributed by atoms with E-state index in [0.29, 0.717) is 5.92 Å². The van der Waals surface area contributed by atoms with Gasteiger partial charge in [0, 0.05) is 18.5 Å². The van der Waals surface area contributed by atoms with Gasteiger partial charge in [0.1, 0.15) is 11.5 Å². The standard InChI is InChI=1S/C12H17NO2/c1-13-8-9-5-6-15-12-7-10(14-2)3-4-11(9)12/h3-4,7,9,13H,5-6,8H2,1-2H3. The number of fused-ring (bicyclic) bond motifs is 1. The molecule has 0 saturated carbocycles. The van der Waals surface area contributed by atoms with Crippen molar-refractivity contribution in [2.75, 3.05) is 27.3 Å². The Hall–Kier alpha value is -1.22. The highest BCUT2D eigenvalue weighted by atomic mass is 16.5. The van der Waals surface area contributed by atoms with Crippen LogP contribution in [0, 0.1) is 0 Å². The minimum absolute atomic E-state index is 0.560. The molecule has 1 aromatic carbocycles. The maximum Gasteiger partial charge on any atom is 0.126 e. The summed E-state index contributed by atoms with van der Waals surface area (Å²) in [4.78, 5) is 0. The van der Waals surface area contributed by atoms with Crippen LogP contribution in [-0.2, 0) is 0 Å². The molecule has 82 valence electrons. The van der Waals surface area contributed by atoms with Crippen LogP contribution in [0.3, 0.4) is 0 Å². The minimum Gasteiger partial charge on any atom is -0.497 e. The summed E-state index contributed by atoms with van der Waals surface area (Å²) in [6, 6.07) is 6.07. The molecule has 0 radical (unpaired) electrons. The highest BCUT2D eigenvalue weighted by Gasteiger charge is 2.20. The second-order valence-electron chi connectivity index (χ2n) is 3.80. The van der Waals surface area contributed by atoms with Gasteiger partial charge in [0.25, 0.3) is 0 Å². The Labute approximate surface area is 90.4 Å². The van der Waals surface area contributed by atoms with Crippen molar-refractivity contribution in [3.05, 3.63) is 23.8 Å². The molecule has 3 heteroatoms. The number of rotatable bonds is 3. The molecule has 1 heterocycles. The smallest absolute Gasteiger partial charge is 0.126 e. The van der Waals surface area contributed by atoms with Crippen molar-refractivity contribution >= 4 is 0 Å². The van der Waals surface area contributed by atoms with Crippen LogP contribution in [-0.4, -0.2) is 27.3 Å². The van der Waals surface area contributed by atoms with Crippen molar-refractivity contribution < 1.29 is 9.47 Å². The minimum atomic E-state index is 0.560. The first-order valence-electron chi connectivity index (χ1n) is 5.30. The topological polar surface area (TPSA) is 30.5 Å². The third-order valence-electron chi connectivity index (χ3n) is 2.83. The molecule has 0 spiro atoms. The van der Waals surface area contributed by atoms with E-state index in [1.807, 2.05) is 19.2 Å². The summed E-state index contributed by atoms with van der Waals surface area (Å²) >= 11 is 0. The Bertz CT molecular complexity index is 338. The van der Waals surface area contributed by atoms with E-state index in [1.54, 1.807) is 7.11 Å².